The molecule has 1 heterocycles. The van der Waals surface area contributed by atoms with Crippen molar-refractivity contribution >= 4 is 41.0 Å². The summed E-state index contributed by atoms with van der Waals surface area (Å²) in [5.74, 6) is -8.67. The number of azide groups is 1. The Labute approximate surface area is 344 Å². The van der Waals surface area contributed by atoms with Crippen molar-refractivity contribution in [3.05, 3.63) is 69.1 Å². The Morgan fingerprint density at radius 1 is 0.883 bits per heavy atom. The number of aliphatic carboxylic acids is 1. The van der Waals surface area contributed by atoms with Gasteiger partial charge in [-0.15, -0.1) is 6.42 Å². The Hall–Kier alpha value is -5.74. The number of hydrogen-bond donors (Lipinski definition) is 5. The van der Waals surface area contributed by atoms with E-state index in [9.17, 15) is 41.5 Å². The van der Waals surface area contributed by atoms with Gasteiger partial charge in [-0.3, -0.25) is 24.0 Å². The lowest BCUT2D eigenvalue weighted by Crippen LogP contribution is -2.59. The third-order valence-corrected chi connectivity index (χ3v) is 9.76. The van der Waals surface area contributed by atoms with Crippen LogP contribution in [0.1, 0.15) is 75.2 Å². The van der Waals surface area contributed by atoms with Gasteiger partial charge in [0.2, 0.25) is 17.7 Å². The molecule has 0 aliphatic carbocycles. The molecule has 1 aliphatic heterocycles. The van der Waals surface area contributed by atoms with Gasteiger partial charge in [-0.25, -0.2) is 17.6 Å². The van der Waals surface area contributed by atoms with Crippen LogP contribution in [0.5, 0.6) is 0 Å². The maximum atomic E-state index is 14.8. The number of carboxylic acid groups (broad SMARTS) is 1. The summed E-state index contributed by atoms with van der Waals surface area (Å²) in [6.45, 7) is -1.55. The molecule has 0 saturated carbocycles. The number of ether oxygens (including phenoxy) is 2. The number of terminal acetylenes is 1. The topological polar surface area (TPSA) is 221 Å². The van der Waals surface area contributed by atoms with E-state index in [1.54, 1.807) is 12.1 Å². The summed E-state index contributed by atoms with van der Waals surface area (Å²) in [5.41, 5.74) is 5.10. The lowest BCUT2D eigenvalue weighted by molar-refractivity contribution is -0.886. The van der Waals surface area contributed by atoms with Crippen molar-refractivity contribution < 1.29 is 60.6 Å². The van der Waals surface area contributed by atoms with Crippen molar-refractivity contribution in [2.24, 2.45) is 10.5 Å². The molecule has 3 rings (SSSR count). The summed E-state index contributed by atoms with van der Waals surface area (Å²) in [6.07, 6.45) is 8.26. The average molecular weight is 848 g/mol. The minimum atomic E-state index is -2.12. The van der Waals surface area contributed by atoms with Crippen LogP contribution in [0, 0.1) is 41.0 Å². The molecule has 326 valence electrons. The number of hydrogen-bond acceptors (Lipinski definition) is 8. The molecule has 20 heteroatoms. The van der Waals surface area contributed by atoms with Crippen LogP contribution < -0.4 is 21.3 Å². The number of carbonyl (C=O) groups excluding carboxylic acids is 4. The van der Waals surface area contributed by atoms with Crippen molar-refractivity contribution in [3.8, 4) is 12.3 Å². The first-order valence-corrected chi connectivity index (χ1v) is 19.3. The summed E-state index contributed by atoms with van der Waals surface area (Å²) in [6, 6.07) is 6.84. The molecule has 1 fully saturated rings. The largest absolute Gasteiger partial charge is 0.481 e. The average Bonchev–Trinajstić information content (AvgIpc) is 3.20. The maximum Gasteiger partial charge on any atom is 0.303 e. The van der Waals surface area contributed by atoms with Crippen LogP contribution >= 0.6 is 0 Å². The number of quaternary nitrogens is 1. The van der Waals surface area contributed by atoms with Crippen LogP contribution in [-0.2, 0) is 39.9 Å². The molecular weight excluding hydrogens is 796 g/mol. The minimum absolute atomic E-state index is 0.0452. The lowest BCUT2D eigenvalue weighted by Gasteiger charge is -2.37. The van der Waals surface area contributed by atoms with E-state index in [0.29, 0.717) is 61.7 Å². The van der Waals surface area contributed by atoms with Gasteiger partial charge in [0.1, 0.15) is 5.69 Å². The van der Waals surface area contributed by atoms with Crippen molar-refractivity contribution in [2.45, 2.75) is 76.5 Å². The Kier molecular flexibility index (Phi) is 18.8. The second kappa shape index (κ2) is 23.2. The van der Waals surface area contributed by atoms with E-state index >= 15 is 0 Å². The highest BCUT2D eigenvalue weighted by Crippen LogP contribution is 2.39. The molecule has 2 aromatic rings. The number of rotatable bonds is 23. The minimum Gasteiger partial charge on any atom is -0.481 e. The van der Waals surface area contributed by atoms with Gasteiger partial charge >= 0.3 is 5.97 Å². The number of carboxylic acids is 1. The molecule has 0 spiro atoms. The molecule has 5 N–H and O–H groups in total. The van der Waals surface area contributed by atoms with E-state index in [4.69, 9.17) is 26.5 Å². The fourth-order valence-electron chi connectivity index (χ4n) is 6.38. The first-order valence-electron chi connectivity index (χ1n) is 19.3. The highest BCUT2D eigenvalue weighted by atomic mass is 19.2. The maximum absolute atomic E-state index is 14.8. The highest BCUT2D eigenvalue weighted by Gasteiger charge is 2.51. The summed E-state index contributed by atoms with van der Waals surface area (Å²) in [7, 11) is 5.63. The smallest absolute Gasteiger partial charge is 0.303 e. The van der Waals surface area contributed by atoms with Crippen molar-refractivity contribution in [3.63, 3.8) is 0 Å². The molecule has 2 aromatic carbocycles. The normalized spacial score (nSPS) is 16.7. The van der Waals surface area contributed by atoms with E-state index in [-0.39, 0.29) is 31.3 Å². The number of amides is 4. The zero-order valence-corrected chi connectivity index (χ0v) is 33.8. The molecular formula is C40H51F4N8O8+. The standard InChI is InChI=1S/C40H50F4N8O8/c1-5-20-47-38(57)40(23-59-37(60-24-40)30-31(41)33(43)35(50-51-45)34(44)32(30)42)39(58)48-21-11-10-12-27(52(2,3)4)36(56)46-22-19-25-15-17-26(18-16-25)49-28(53)13-8-6-7-9-14-29(54)55/h1,15-18,27,37H,6-14,19-24H2,2-4H3,(H4-,46,47,48,49,53,54,55,56,57,58)/p+1/t27-,37?,40?/m0/s1. The monoisotopic (exact) mass is 847 g/mol. The third kappa shape index (κ3) is 13.7. The number of unbranched alkanes of at least 4 members (excludes halogenated alkanes) is 4. The van der Waals surface area contributed by atoms with Gasteiger partial charge in [0.15, 0.2) is 41.0 Å². The van der Waals surface area contributed by atoms with Crippen molar-refractivity contribution in [1.29, 1.82) is 0 Å². The van der Waals surface area contributed by atoms with Gasteiger partial charge in [-0.1, -0.05) is 36.0 Å². The number of carbonyl (C=O) groups is 5. The molecule has 16 nitrogen and oxygen atoms in total. The zero-order chi connectivity index (χ0) is 44.5. The van der Waals surface area contributed by atoms with Gasteiger partial charge in [-0.2, -0.15) is 0 Å². The van der Waals surface area contributed by atoms with Gasteiger partial charge in [0.05, 0.1) is 46.5 Å². The van der Waals surface area contributed by atoms with E-state index in [1.807, 2.05) is 33.3 Å². The molecule has 1 aliphatic rings. The van der Waals surface area contributed by atoms with Crippen molar-refractivity contribution in [1.82, 2.24) is 16.0 Å². The number of anilines is 1. The quantitative estimate of drug-likeness (QED) is 0.0117. The molecule has 0 unspecified atom stereocenters. The van der Waals surface area contributed by atoms with Crippen LogP contribution in [0.25, 0.3) is 10.4 Å². The van der Waals surface area contributed by atoms with Crippen LogP contribution in [0.2, 0.25) is 0 Å². The first kappa shape index (κ1) is 48.6. The number of nitrogens with zero attached hydrogens (tertiary/aromatic N) is 4. The molecule has 0 radical (unpaired) electrons. The van der Waals surface area contributed by atoms with E-state index < -0.39 is 83.3 Å². The summed E-state index contributed by atoms with van der Waals surface area (Å²) in [5, 5.41) is 22.1. The van der Waals surface area contributed by atoms with Gasteiger partial charge in [0.25, 0.3) is 5.91 Å². The molecule has 0 bridgehead atoms. The lowest BCUT2D eigenvalue weighted by atomic mass is 9.86. The van der Waals surface area contributed by atoms with E-state index in [1.165, 1.54) is 0 Å². The molecule has 4 amide bonds. The second-order valence-electron chi connectivity index (χ2n) is 15.1. The predicted octanol–water partition coefficient (Wildman–Crippen LogP) is 5.05. The first-order chi connectivity index (χ1) is 28.5. The summed E-state index contributed by atoms with van der Waals surface area (Å²) in [4.78, 5) is 65.0. The van der Waals surface area contributed by atoms with Gasteiger partial charge in [0, 0.05) is 43.0 Å². The van der Waals surface area contributed by atoms with E-state index in [0.717, 1.165) is 18.4 Å². The highest BCUT2D eigenvalue weighted by molar-refractivity contribution is 6.05. The summed E-state index contributed by atoms with van der Waals surface area (Å²) >= 11 is 0. The Morgan fingerprint density at radius 3 is 2.05 bits per heavy atom. The van der Waals surface area contributed by atoms with Crippen molar-refractivity contribution in [2.75, 3.05) is 59.3 Å². The molecule has 1 atom stereocenters. The van der Waals surface area contributed by atoms with Crippen LogP contribution in [-0.4, -0.2) is 99.2 Å². The Balaban J connectivity index is 1.50. The SMILES string of the molecule is C#CCNC(=O)C1(C(=O)NCCCC[C@@H](C(=O)NCCc2ccc(NC(=O)CCCCCCC(=O)O)cc2)[N+](C)(C)C)COC(c2c(F)c(F)c(N=[N+]=[N-])c(F)c2F)OC1. The fraction of sp³-hybridized carbons (Fsp3) is 0.525. The zero-order valence-electron chi connectivity index (χ0n) is 33.8. The number of nitrogens with one attached hydrogen (secondary N) is 4. The summed E-state index contributed by atoms with van der Waals surface area (Å²) < 4.78 is 69.4. The fourth-order valence-corrected chi connectivity index (χ4v) is 6.38. The van der Waals surface area contributed by atoms with Crippen LogP contribution in [0.4, 0.5) is 28.9 Å². The molecule has 1 saturated heterocycles. The van der Waals surface area contributed by atoms with Gasteiger partial charge < -0.3 is 40.3 Å². The third-order valence-electron chi connectivity index (χ3n) is 9.76. The molecule has 0 aromatic heterocycles. The number of halogens is 4. The van der Waals surface area contributed by atoms with Crippen LogP contribution in [0.15, 0.2) is 29.4 Å². The molecule has 60 heavy (non-hydrogen) atoms. The number of likely N-dealkylation sites (N-methyl/N-ethyl adjacent to an activating group) is 1. The predicted molar refractivity (Wildman–Crippen MR) is 210 cm³/mol. The second-order valence-corrected chi connectivity index (χ2v) is 15.1. The number of benzene rings is 2. The Morgan fingerprint density at radius 2 is 1.48 bits per heavy atom. The van der Waals surface area contributed by atoms with E-state index in [2.05, 4.69) is 37.2 Å². The van der Waals surface area contributed by atoms with Crippen LogP contribution in [0.3, 0.4) is 0 Å². The van der Waals surface area contributed by atoms with Gasteiger partial charge in [-0.05, 0) is 55.3 Å². The Bertz CT molecular complexity index is 1910.